The van der Waals surface area contributed by atoms with Crippen LogP contribution in [0.2, 0.25) is 0 Å². The molecule has 5 nitrogen and oxygen atoms in total. The van der Waals surface area contributed by atoms with Crippen molar-refractivity contribution in [2.45, 2.75) is 13.0 Å². The van der Waals surface area contributed by atoms with E-state index in [0.717, 1.165) is 23.4 Å². The lowest BCUT2D eigenvalue weighted by Crippen LogP contribution is -2.52. The molecule has 3 rings (SSSR count). The van der Waals surface area contributed by atoms with Gasteiger partial charge in [-0.15, -0.1) is 0 Å². The fourth-order valence-corrected chi connectivity index (χ4v) is 2.56. The quantitative estimate of drug-likeness (QED) is 0.916. The van der Waals surface area contributed by atoms with Crippen LogP contribution in [0, 0.1) is 11.6 Å². The molecule has 22 heavy (non-hydrogen) atoms. The van der Waals surface area contributed by atoms with E-state index in [-0.39, 0.29) is 23.3 Å². The molecule has 2 aromatic rings. The predicted octanol–water partition coefficient (Wildman–Crippen LogP) is 1.58. The molecule has 116 valence electrons. The average molecular weight is 306 g/mol. The molecule has 1 fully saturated rings. The molecule has 7 heteroatoms. The lowest BCUT2D eigenvalue weighted by molar-refractivity contribution is 0.0649. The monoisotopic (exact) mass is 306 g/mol. The molecule has 1 amide bonds. The summed E-state index contributed by atoms with van der Waals surface area (Å²) in [5, 5.41) is 7.23. The lowest BCUT2D eigenvalue weighted by Gasteiger charge is -2.33. The molecule has 0 bridgehead atoms. The molecule has 0 unspecified atom stereocenters. The van der Waals surface area contributed by atoms with E-state index in [1.807, 2.05) is 6.92 Å². The van der Waals surface area contributed by atoms with Crippen LogP contribution in [0.5, 0.6) is 0 Å². The fraction of sp³-hybridized carbons (Fsp3) is 0.333. The molecule has 1 aromatic heterocycles. The summed E-state index contributed by atoms with van der Waals surface area (Å²) in [7, 11) is 0. The van der Waals surface area contributed by atoms with Gasteiger partial charge in [-0.3, -0.25) is 4.79 Å². The van der Waals surface area contributed by atoms with Crippen molar-refractivity contribution < 1.29 is 13.6 Å². The Kier molecular flexibility index (Phi) is 3.89. The second-order valence-corrected chi connectivity index (χ2v) is 5.27. The normalized spacial score (nSPS) is 18.5. The zero-order chi connectivity index (χ0) is 15.7. The van der Waals surface area contributed by atoms with Crippen molar-refractivity contribution in [3.63, 3.8) is 0 Å². The van der Waals surface area contributed by atoms with Gasteiger partial charge in [0.2, 0.25) is 0 Å². The first-order valence-corrected chi connectivity index (χ1v) is 7.09. The van der Waals surface area contributed by atoms with E-state index in [1.165, 1.54) is 18.3 Å². The summed E-state index contributed by atoms with van der Waals surface area (Å²) < 4.78 is 28.6. The highest BCUT2D eigenvalue weighted by Gasteiger charge is 2.26. The number of benzene rings is 1. The SMILES string of the molecule is C[C@H]1CNCCN1C(=O)c1ccn(-c2c(F)cccc2F)n1. The molecule has 1 atom stereocenters. The van der Waals surface area contributed by atoms with Gasteiger partial charge in [0.1, 0.15) is 5.69 Å². The number of aromatic nitrogens is 2. The standard InChI is InChI=1S/C15H16F2N4O/c1-10-9-18-6-8-20(10)15(22)13-5-7-21(19-13)14-11(16)3-2-4-12(14)17/h2-5,7,10,18H,6,8-9H2,1H3/t10-/m0/s1. The maximum Gasteiger partial charge on any atom is 0.274 e. The van der Waals surface area contributed by atoms with Gasteiger partial charge in [-0.05, 0) is 25.1 Å². The minimum Gasteiger partial charge on any atom is -0.332 e. The van der Waals surface area contributed by atoms with Crippen molar-refractivity contribution in [3.8, 4) is 5.69 Å². The highest BCUT2D eigenvalue weighted by molar-refractivity contribution is 5.92. The molecule has 1 saturated heterocycles. The molecule has 0 aliphatic carbocycles. The highest BCUT2D eigenvalue weighted by atomic mass is 19.1. The molecular formula is C15H16F2N4O. The summed E-state index contributed by atoms with van der Waals surface area (Å²) in [6.07, 6.45) is 1.39. The first-order chi connectivity index (χ1) is 10.6. The summed E-state index contributed by atoms with van der Waals surface area (Å²) >= 11 is 0. The lowest BCUT2D eigenvalue weighted by atomic mass is 10.2. The van der Waals surface area contributed by atoms with Gasteiger partial charge in [0.15, 0.2) is 17.3 Å². The Bertz CT molecular complexity index is 680. The van der Waals surface area contributed by atoms with Gasteiger partial charge in [-0.1, -0.05) is 6.07 Å². The molecular weight excluding hydrogens is 290 g/mol. The predicted molar refractivity (Wildman–Crippen MR) is 76.8 cm³/mol. The number of carbonyl (C=O) groups excluding carboxylic acids is 1. The van der Waals surface area contributed by atoms with E-state index < -0.39 is 11.6 Å². The number of piperazine rings is 1. The van der Waals surface area contributed by atoms with Crippen molar-refractivity contribution in [2.24, 2.45) is 0 Å². The van der Waals surface area contributed by atoms with Crippen LogP contribution in [-0.4, -0.2) is 46.3 Å². The zero-order valence-corrected chi connectivity index (χ0v) is 12.1. The Labute approximate surface area is 126 Å². The van der Waals surface area contributed by atoms with Crippen LogP contribution < -0.4 is 5.32 Å². The van der Waals surface area contributed by atoms with E-state index >= 15 is 0 Å². The van der Waals surface area contributed by atoms with Crippen molar-refractivity contribution in [1.82, 2.24) is 20.0 Å². The molecule has 1 N–H and O–H groups in total. The Hall–Kier alpha value is -2.28. The third-order valence-corrected chi connectivity index (χ3v) is 3.74. The number of amides is 1. The van der Waals surface area contributed by atoms with E-state index in [9.17, 15) is 13.6 Å². The third kappa shape index (κ3) is 2.59. The van der Waals surface area contributed by atoms with E-state index in [0.29, 0.717) is 13.1 Å². The molecule has 0 saturated carbocycles. The van der Waals surface area contributed by atoms with Crippen molar-refractivity contribution in [3.05, 3.63) is 47.8 Å². The van der Waals surface area contributed by atoms with Crippen LogP contribution in [0.4, 0.5) is 8.78 Å². The van der Waals surface area contributed by atoms with Crippen LogP contribution >= 0.6 is 0 Å². The molecule has 1 aromatic carbocycles. The van der Waals surface area contributed by atoms with Gasteiger partial charge >= 0.3 is 0 Å². The largest absolute Gasteiger partial charge is 0.332 e. The maximum absolute atomic E-state index is 13.8. The Morgan fingerprint density at radius 3 is 2.73 bits per heavy atom. The molecule has 0 radical (unpaired) electrons. The van der Waals surface area contributed by atoms with E-state index in [2.05, 4.69) is 10.4 Å². The van der Waals surface area contributed by atoms with Gasteiger partial charge in [0, 0.05) is 31.9 Å². The Morgan fingerprint density at radius 1 is 1.32 bits per heavy atom. The Balaban J connectivity index is 1.89. The van der Waals surface area contributed by atoms with Gasteiger partial charge in [0.05, 0.1) is 0 Å². The van der Waals surface area contributed by atoms with E-state index in [1.54, 1.807) is 4.90 Å². The van der Waals surface area contributed by atoms with E-state index in [4.69, 9.17) is 0 Å². The van der Waals surface area contributed by atoms with Crippen molar-refractivity contribution in [2.75, 3.05) is 19.6 Å². The third-order valence-electron chi connectivity index (χ3n) is 3.74. The number of carbonyl (C=O) groups is 1. The summed E-state index contributed by atoms with van der Waals surface area (Å²) in [4.78, 5) is 14.2. The first-order valence-electron chi connectivity index (χ1n) is 7.09. The topological polar surface area (TPSA) is 50.2 Å². The first kappa shape index (κ1) is 14.6. The zero-order valence-electron chi connectivity index (χ0n) is 12.1. The number of nitrogens with zero attached hydrogens (tertiary/aromatic N) is 3. The molecule has 1 aliphatic heterocycles. The summed E-state index contributed by atoms with van der Waals surface area (Å²) in [6.45, 7) is 3.96. The van der Waals surface area contributed by atoms with Gasteiger partial charge in [-0.25, -0.2) is 13.5 Å². The summed E-state index contributed by atoms with van der Waals surface area (Å²) in [5.41, 5.74) is -0.105. The minimum absolute atomic E-state index is 0.0524. The van der Waals surface area contributed by atoms with Crippen molar-refractivity contribution in [1.29, 1.82) is 0 Å². The minimum atomic E-state index is -0.724. The molecule has 2 heterocycles. The smallest absolute Gasteiger partial charge is 0.274 e. The van der Waals surface area contributed by atoms with Gasteiger partial charge < -0.3 is 10.2 Å². The van der Waals surface area contributed by atoms with Crippen LogP contribution in [0.15, 0.2) is 30.5 Å². The number of rotatable bonds is 2. The molecule has 1 aliphatic rings. The second kappa shape index (κ2) is 5.84. The van der Waals surface area contributed by atoms with Crippen LogP contribution in [-0.2, 0) is 0 Å². The maximum atomic E-state index is 13.8. The average Bonchev–Trinajstić information content (AvgIpc) is 2.96. The number of para-hydroxylation sites is 1. The fourth-order valence-electron chi connectivity index (χ4n) is 2.56. The van der Waals surface area contributed by atoms with Crippen LogP contribution in [0.25, 0.3) is 5.69 Å². The number of nitrogens with one attached hydrogen (secondary N) is 1. The number of halogens is 2. The summed E-state index contributed by atoms with van der Waals surface area (Å²) in [6, 6.07) is 5.12. The number of hydrogen-bond acceptors (Lipinski definition) is 3. The highest BCUT2D eigenvalue weighted by Crippen LogP contribution is 2.17. The van der Waals surface area contributed by atoms with Gasteiger partial charge in [-0.2, -0.15) is 5.10 Å². The van der Waals surface area contributed by atoms with Crippen LogP contribution in [0.3, 0.4) is 0 Å². The van der Waals surface area contributed by atoms with Gasteiger partial charge in [0.25, 0.3) is 5.91 Å². The number of hydrogen-bond donors (Lipinski definition) is 1. The summed E-state index contributed by atoms with van der Waals surface area (Å²) in [5.74, 6) is -1.68. The van der Waals surface area contributed by atoms with Crippen molar-refractivity contribution >= 4 is 5.91 Å². The second-order valence-electron chi connectivity index (χ2n) is 5.27. The molecule has 0 spiro atoms. The Morgan fingerprint density at radius 2 is 2.05 bits per heavy atom. The van der Waals surface area contributed by atoms with Crippen LogP contribution in [0.1, 0.15) is 17.4 Å².